The lowest BCUT2D eigenvalue weighted by Gasteiger charge is -2.32. The van der Waals surface area contributed by atoms with Gasteiger partial charge in [-0.25, -0.2) is 0 Å². The Morgan fingerprint density at radius 2 is 1.38 bits per heavy atom. The fourth-order valence-electron chi connectivity index (χ4n) is 1.06. The van der Waals surface area contributed by atoms with Crippen molar-refractivity contribution in [2.45, 2.75) is 26.7 Å². The monoisotopic (exact) mass is 204 g/mol. The molecule has 0 saturated heterocycles. The van der Waals surface area contributed by atoms with Crippen molar-refractivity contribution >= 4 is 10.2 Å². The maximum Gasteiger partial charge on any atom is 0.302 e. The van der Waals surface area contributed by atoms with Gasteiger partial charge in [-0.1, -0.05) is 6.58 Å². The summed E-state index contributed by atoms with van der Waals surface area (Å²) in [6, 6.07) is 0. The second-order valence-corrected chi connectivity index (χ2v) is 3.84. The van der Waals surface area contributed by atoms with Gasteiger partial charge >= 0.3 is 5.97 Å². The molecule has 78 valence electrons. The molecule has 0 bridgehead atoms. The summed E-state index contributed by atoms with van der Waals surface area (Å²) in [5.41, 5.74) is 0. The van der Waals surface area contributed by atoms with Crippen molar-refractivity contribution in [1.82, 2.24) is 0 Å². The van der Waals surface area contributed by atoms with Gasteiger partial charge in [0.05, 0.1) is 0 Å². The number of rotatable bonds is 7. The lowest BCUT2D eigenvalue weighted by molar-refractivity contribution is -0.348. The number of hydrogen-bond acceptors (Lipinski definition) is 3. The van der Waals surface area contributed by atoms with Crippen molar-refractivity contribution in [2.75, 3.05) is 19.8 Å². The second kappa shape index (κ2) is 6.31. The molecule has 0 spiro atoms. The van der Waals surface area contributed by atoms with E-state index >= 15 is 0 Å². The van der Waals surface area contributed by atoms with E-state index in [1.807, 2.05) is 20.8 Å². The summed E-state index contributed by atoms with van der Waals surface area (Å²) < 4.78 is 16.4. The van der Waals surface area contributed by atoms with Crippen LogP contribution in [0.5, 0.6) is 0 Å². The van der Waals surface area contributed by atoms with Crippen LogP contribution in [-0.4, -0.2) is 36.0 Å². The van der Waals surface area contributed by atoms with Crippen molar-refractivity contribution < 1.29 is 14.2 Å². The molecule has 0 atom stereocenters. The van der Waals surface area contributed by atoms with Crippen molar-refractivity contribution in [3.8, 4) is 0 Å². The van der Waals surface area contributed by atoms with E-state index in [0.717, 1.165) is 15.4 Å². The Morgan fingerprint density at radius 3 is 1.54 bits per heavy atom. The third-order valence-corrected chi connectivity index (χ3v) is 2.14. The van der Waals surface area contributed by atoms with Crippen LogP contribution in [0.4, 0.5) is 0 Å². The fraction of sp³-hybridized carbons (Fsp3) is 0.778. The second-order valence-electron chi connectivity index (χ2n) is 2.64. The third kappa shape index (κ3) is 3.60. The summed E-state index contributed by atoms with van der Waals surface area (Å²) in [5.74, 6) is -0.982. The van der Waals surface area contributed by atoms with Crippen LogP contribution in [0.25, 0.3) is 0 Å². The van der Waals surface area contributed by atoms with Crippen molar-refractivity contribution in [2.24, 2.45) is 0 Å². The molecule has 0 heterocycles. The summed E-state index contributed by atoms with van der Waals surface area (Å²) in [4.78, 5) is 0. The predicted molar refractivity (Wildman–Crippen MR) is 56.7 cm³/mol. The van der Waals surface area contributed by atoms with E-state index in [1.54, 1.807) is 0 Å². The molecule has 0 saturated carbocycles. The molecule has 0 aliphatic heterocycles. The minimum absolute atomic E-state index is 0.557. The first-order chi connectivity index (χ1) is 6.13. The smallest absolute Gasteiger partial charge is 0.302 e. The summed E-state index contributed by atoms with van der Waals surface area (Å²) >= 11 is 0. The highest BCUT2D eigenvalue weighted by molar-refractivity contribution is 6.22. The molecular weight excluding hydrogens is 184 g/mol. The lowest BCUT2D eigenvalue weighted by atomic mass is 10.5. The molecule has 0 rings (SSSR count). The first kappa shape index (κ1) is 12.8. The minimum Gasteiger partial charge on any atom is -0.324 e. The topological polar surface area (TPSA) is 27.7 Å². The largest absolute Gasteiger partial charge is 0.324 e. The Hall–Kier alpha value is -0.163. The average molecular weight is 204 g/mol. The number of ether oxygens (including phenoxy) is 3. The van der Waals surface area contributed by atoms with E-state index in [-0.39, 0.29) is 0 Å². The van der Waals surface area contributed by atoms with Gasteiger partial charge in [-0.05, 0) is 26.0 Å². The Morgan fingerprint density at radius 1 is 1.08 bits per heavy atom. The SMILES string of the molecule is C=C([SiH3])C(OCC)(OCC)OCC. The molecular formula is C9H20O3Si. The van der Waals surface area contributed by atoms with Crippen LogP contribution in [0.1, 0.15) is 20.8 Å². The van der Waals surface area contributed by atoms with Gasteiger partial charge in [0.1, 0.15) is 0 Å². The lowest BCUT2D eigenvalue weighted by Crippen LogP contribution is -2.41. The summed E-state index contributed by atoms with van der Waals surface area (Å²) in [6.07, 6.45) is 0. The van der Waals surface area contributed by atoms with Gasteiger partial charge < -0.3 is 14.2 Å². The third-order valence-electron chi connectivity index (χ3n) is 1.53. The zero-order valence-corrected chi connectivity index (χ0v) is 11.1. The van der Waals surface area contributed by atoms with Gasteiger partial charge in [0.25, 0.3) is 0 Å². The van der Waals surface area contributed by atoms with Gasteiger partial charge in [-0.15, -0.1) is 0 Å². The van der Waals surface area contributed by atoms with Gasteiger partial charge in [0.15, 0.2) is 0 Å². The van der Waals surface area contributed by atoms with Crippen LogP contribution in [0.3, 0.4) is 0 Å². The Labute approximate surface area is 83.5 Å². The van der Waals surface area contributed by atoms with Crippen molar-refractivity contribution in [3.63, 3.8) is 0 Å². The van der Waals surface area contributed by atoms with Crippen molar-refractivity contribution in [3.05, 3.63) is 11.8 Å². The standard InChI is InChI=1S/C9H20O3Si/c1-5-10-9(8(4)13,11-6-2)12-7-3/h4-7H2,1-3,13H3. The molecule has 13 heavy (non-hydrogen) atoms. The zero-order valence-electron chi connectivity index (χ0n) is 9.05. The van der Waals surface area contributed by atoms with E-state index in [4.69, 9.17) is 14.2 Å². The summed E-state index contributed by atoms with van der Waals surface area (Å²) in [7, 11) is 0.799. The Kier molecular flexibility index (Phi) is 6.24. The molecule has 0 aromatic carbocycles. The molecule has 0 radical (unpaired) electrons. The minimum atomic E-state index is -0.982. The van der Waals surface area contributed by atoms with E-state index in [0.29, 0.717) is 19.8 Å². The van der Waals surface area contributed by atoms with Crippen LogP contribution < -0.4 is 0 Å². The predicted octanol–water partition coefficient (Wildman–Crippen LogP) is 0.629. The molecule has 0 unspecified atom stereocenters. The molecule has 3 nitrogen and oxygen atoms in total. The zero-order chi connectivity index (χ0) is 10.3. The van der Waals surface area contributed by atoms with Gasteiger partial charge in [-0.2, -0.15) is 0 Å². The van der Waals surface area contributed by atoms with E-state index in [9.17, 15) is 0 Å². The molecule has 0 aliphatic rings. The number of hydrogen-bond donors (Lipinski definition) is 0. The Bertz CT molecular complexity index is 142. The first-order valence-corrected chi connectivity index (χ1v) is 5.70. The molecule has 0 fully saturated rings. The van der Waals surface area contributed by atoms with Crippen LogP contribution in [0.15, 0.2) is 11.8 Å². The highest BCUT2D eigenvalue weighted by Gasteiger charge is 2.33. The molecule has 0 aromatic heterocycles. The summed E-state index contributed by atoms with van der Waals surface area (Å²) in [5, 5.41) is 0.873. The molecule has 0 amide bonds. The van der Waals surface area contributed by atoms with Crippen molar-refractivity contribution in [1.29, 1.82) is 0 Å². The van der Waals surface area contributed by atoms with E-state index < -0.39 is 5.97 Å². The van der Waals surface area contributed by atoms with Crippen LogP contribution >= 0.6 is 0 Å². The molecule has 4 heteroatoms. The van der Waals surface area contributed by atoms with Crippen LogP contribution in [0, 0.1) is 0 Å². The maximum absolute atomic E-state index is 5.46. The fourth-order valence-corrected chi connectivity index (χ4v) is 1.50. The summed E-state index contributed by atoms with van der Waals surface area (Å²) in [6.45, 7) is 11.3. The quantitative estimate of drug-likeness (QED) is 0.450. The molecule has 0 aliphatic carbocycles. The van der Waals surface area contributed by atoms with E-state index in [2.05, 4.69) is 6.58 Å². The molecule has 0 aromatic rings. The van der Waals surface area contributed by atoms with Gasteiger partial charge in [-0.3, -0.25) is 0 Å². The maximum atomic E-state index is 5.46. The van der Waals surface area contributed by atoms with E-state index in [1.165, 1.54) is 0 Å². The van der Waals surface area contributed by atoms with Gasteiger partial charge in [0, 0.05) is 30.1 Å². The highest BCUT2D eigenvalue weighted by Crippen LogP contribution is 2.21. The first-order valence-electron chi connectivity index (χ1n) is 4.70. The normalized spacial score (nSPS) is 11.9. The van der Waals surface area contributed by atoms with Crippen LogP contribution in [0.2, 0.25) is 0 Å². The highest BCUT2D eigenvalue weighted by atomic mass is 28.1. The Balaban J connectivity index is 4.48. The average Bonchev–Trinajstić information content (AvgIpc) is 2.05. The van der Waals surface area contributed by atoms with Gasteiger partial charge in [0.2, 0.25) is 0 Å². The van der Waals surface area contributed by atoms with Crippen LogP contribution in [-0.2, 0) is 14.2 Å². The molecule has 0 N–H and O–H groups in total.